The van der Waals surface area contributed by atoms with Gasteiger partial charge in [-0.25, -0.2) is 32.5 Å². The van der Waals surface area contributed by atoms with Crippen LogP contribution in [0.1, 0.15) is 73.5 Å². The summed E-state index contributed by atoms with van der Waals surface area (Å²) in [6.45, 7) is 4.07. The van der Waals surface area contributed by atoms with Crippen molar-refractivity contribution in [2.75, 3.05) is 36.2 Å². The van der Waals surface area contributed by atoms with E-state index in [0.717, 1.165) is 56.6 Å². The Morgan fingerprint density at radius 3 is 1.57 bits per heavy atom. The lowest BCUT2D eigenvalue weighted by molar-refractivity contribution is 0.189. The second-order valence-corrected chi connectivity index (χ2v) is 21.6. The monoisotopic (exact) mass is 1250 g/mol. The zero-order valence-electron chi connectivity index (χ0n) is 47.6. The summed E-state index contributed by atoms with van der Waals surface area (Å²) in [6.07, 6.45) is 7.08. The van der Waals surface area contributed by atoms with E-state index in [9.17, 15) is 42.3 Å². The third-order valence-corrected chi connectivity index (χ3v) is 15.5. The standard InChI is InChI=1S/C25H21ClFN3O2.C21H19ClFN3O2.C20H19ClFN3O3/c1-2-30(25(32)29-17-12-13-22(27)21(26)14-17)23(16-8-4-3-5-9-16)20-15-28-24(31)19-11-7-6-10-18(19)20;1-12(17-11-24-20(27)16-5-3-2-4-15(16)17)26(14-7-8-14)21(28)25-13-6-9-19(23)18(22)10-13;1-28-19-14-5-3-2-4-13(14)15(11-23-19)18(8-9-26)25-20(27)24-12-6-7-17(22)16(21)10-12/h3-15,23H,2H2,1H3,(H,28,31)(H,29,32);2-6,9-12,14H,7-8H2,1H3,(H,24,27)(H,25,28);2-7,10-11,18,26H,8-9H2,1H3,(H2,24,25,27). The molecule has 3 aromatic heterocycles. The lowest BCUT2D eigenvalue weighted by Crippen LogP contribution is -2.39. The molecule has 22 heteroatoms. The minimum atomic E-state index is -0.568. The van der Waals surface area contributed by atoms with Crippen LogP contribution in [0.5, 0.6) is 5.88 Å². The first-order valence-electron chi connectivity index (χ1n) is 27.9. The molecule has 3 unspecified atom stereocenters. The van der Waals surface area contributed by atoms with E-state index in [1.54, 1.807) is 53.7 Å². The summed E-state index contributed by atoms with van der Waals surface area (Å²) >= 11 is 17.4. The molecule has 16 nitrogen and oxygen atoms in total. The van der Waals surface area contributed by atoms with Crippen molar-refractivity contribution in [2.45, 2.75) is 57.3 Å². The molecule has 0 aliphatic heterocycles. The number of carbonyl (C=O) groups is 3. The Kier molecular flexibility index (Phi) is 20.7. The van der Waals surface area contributed by atoms with E-state index in [0.29, 0.717) is 40.3 Å². The number of benzene rings is 7. The quantitative estimate of drug-likeness (QED) is 0.0523. The number of hydrogen-bond acceptors (Lipinski definition) is 8. The minimum Gasteiger partial charge on any atom is -0.481 e. The molecule has 0 spiro atoms. The van der Waals surface area contributed by atoms with Gasteiger partial charge in [-0.3, -0.25) is 9.59 Å². The first-order valence-corrected chi connectivity index (χ1v) is 29.0. The molecule has 0 radical (unpaired) electrons. The highest BCUT2D eigenvalue weighted by Gasteiger charge is 2.37. The summed E-state index contributed by atoms with van der Waals surface area (Å²) in [5.74, 6) is -1.18. The van der Waals surface area contributed by atoms with E-state index in [2.05, 4.69) is 36.2 Å². The molecule has 1 saturated carbocycles. The van der Waals surface area contributed by atoms with Gasteiger partial charge in [-0.15, -0.1) is 0 Å². The number of nitrogens with one attached hydrogen (secondary N) is 6. The van der Waals surface area contributed by atoms with Gasteiger partial charge in [-0.1, -0.05) is 120 Å². The predicted molar refractivity (Wildman–Crippen MR) is 340 cm³/mol. The van der Waals surface area contributed by atoms with Gasteiger partial charge in [0.15, 0.2) is 0 Å². The van der Waals surface area contributed by atoms with Crippen molar-refractivity contribution in [1.82, 2.24) is 30.1 Å². The zero-order chi connectivity index (χ0) is 62.6. The highest BCUT2D eigenvalue weighted by atomic mass is 35.5. The molecule has 3 atom stereocenters. The predicted octanol–water partition coefficient (Wildman–Crippen LogP) is 15.3. The number of urea groups is 3. The number of amides is 6. The summed E-state index contributed by atoms with van der Waals surface area (Å²) in [7, 11) is 1.54. The third kappa shape index (κ3) is 14.9. The molecular weight excluding hydrogens is 1190 g/mol. The number of aliphatic hydroxyl groups excluding tert-OH is 1. The number of fused-ring (bicyclic) bond motifs is 3. The van der Waals surface area contributed by atoms with Crippen LogP contribution in [0.4, 0.5) is 44.6 Å². The Hall–Kier alpha value is -9.40. The Morgan fingerprint density at radius 1 is 0.625 bits per heavy atom. The average molecular weight is 1250 g/mol. The van der Waals surface area contributed by atoms with Gasteiger partial charge in [0.25, 0.3) is 11.1 Å². The maximum absolute atomic E-state index is 13.5. The second kappa shape index (κ2) is 28.9. The Morgan fingerprint density at radius 2 is 1.08 bits per heavy atom. The van der Waals surface area contributed by atoms with Crippen LogP contribution < -0.4 is 37.1 Å². The maximum atomic E-state index is 13.5. The molecule has 7 N–H and O–H groups in total. The lowest BCUT2D eigenvalue weighted by atomic mass is 9.94. The van der Waals surface area contributed by atoms with Crippen molar-refractivity contribution in [2.24, 2.45) is 0 Å². The number of aromatic amines is 2. The number of halogens is 6. The Bertz CT molecular complexity index is 4290. The summed E-state index contributed by atoms with van der Waals surface area (Å²) in [5.41, 5.74) is 4.12. The van der Waals surface area contributed by atoms with Gasteiger partial charge in [-0.05, 0) is 133 Å². The van der Waals surface area contributed by atoms with Crippen molar-refractivity contribution in [3.05, 3.63) is 252 Å². The number of aliphatic hydroxyl groups is 1. The minimum absolute atomic E-state index is 0.0459. The molecule has 88 heavy (non-hydrogen) atoms. The largest absolute Gasteiger partial charge is 0.481 e. The van der Waals surface area contributed by atoms with E-state index < -0.39 is 35.6 Å². The van der Waals surface area contributed by atoms with Crippen molar-refractivity contribution in [1.29, 1.82) is 0 Å². The number of ether oxygens (including phenoxy) is 1. The molecule has 452 valence electrons. The number of aromatic nitrogens is 3. The summed E-state index contributed by atoms with van der Waals surface area (Å²) in [4.78, 5) is 76.6. The molecule has 1 aliphatic rings. The van der Waals surface area contributed by atoms with Crippen LogP contribution in [-0.2, 0) is 0 Å². The molecule has 3 heterocycles. The van der Waals surface area contributed by atoms with E-state index in [-0.39, 0.29) is 63.4 Å². The van der Waals surface area contributed by atoms with Crippen LogP contribution in [0, 0.1) is 17.5 Å². The van der Waals surface area contributed by atoms with Crippen molar-refractivity contribution < 1.29 is 37.4 Å². The zero-order valence-corrected chi connectivity index (χ0v) is 49.9. The summed E-state index contributed by atoms with van der Waals surface area (Å²) in [5, 5.41) is 24.7. The average Bonchev–Trinajstić information content (AvgIpc) is 1.36. The smallest absolute Gasteiger partial charge is 0.322 e. The van der Waals surface area contributed by atoms with E-state index in [1.807, 2.05) is 98.8 Å². The number of methoxy groups -OCH3 is 1. The van der Waals surface area contributed by atoms with E-state index >= 15 is 0 Å². The van der Waals surface area contributed by atoms with Crippen LogP contribution in [0.2, 0.25) is 15.1 Å². The Balaban J connectivity index is 0.000000158. The van der Waals surface area contributed by atoms with Gasteiger partial charge >= 0.3 is 18.1 Å². The van der Waals surface area contributed by atoms with Crippen molar-refractivity contribution in [3.63, 3.8) is 0 Å². The van der Waals surface area contributed by atoms with Crippen LogP contribution in [-0.4, -0.2) is 74.3 Å². The third-order valence-electron chi connectivity index (χ3n) is 14.6. The molecule has 10 aromatic rings. The van der Waals surface area contributed by atoms with Gasteiger partial charge < -0.3 is 50.9 Å². The molecule has 6 amide bonds. The molecule has 1 aliphatic carbocycles. The summed E-state index contributed by atoms with van der Waals surface area (Å²) in [6, 6.07) is 41.5. The van der Waals surface area contributed by atoms with E-state index in [4.69, 9.17) is 39.5 Å². The second-order valence-electron chi connectivity index (χ2n) is 20.3. The van der Waals surface area contributed by atoms with Gasteiger partial charge in [0.2, 0.25) is 5.88 Å². The number of pyridine rings is 3. The molecule has 0 bridgehead atoms. The number of carbonyl (C=O) groups excluding carboxylic acids is 3. The number of rotatable bonds is 15. The highest BCUT2D eigenvalue weighted by Crippen LogP contribution is 2.38. The number of anilines is 3. The van der Waals surface area contributed by atoms with Crippen molar-refractivity contribution in [3.8, 4) is 5.88 Å². The van der Waals surface area contributed by atoms with Gasteiger partial charge in [-0.2, -0.15) is 0 Å². The highest BCUT2D eigenvalue weighted by molar-refractivity contribution is 6.31. The first kappa shape index (κ1) is 63.1. The van der Waals surface area contributed by atoms with E-state index in [1.165, 1.54) is 54.6 Å². The number of nitrogens with zero attached hydrogens (tertiary/aromatic N) is 3. The molecule has 0 saturated heterocycles. The molecule has 1 fully saturated rings. The molecule has 7 aromatic carbocycles. The maximum Gasteiger partial charge on any atom is 0.322 e. The molecular formula is C66H59Cl3F3N9O7. The van der Waals surface area contributed by atoms with Crippen LogP contribution in [0.25, 0.3) is 32.3 Å². The topological polar surface area (TPSA) is 214 Å². The Labute approximate surface area is 518 Å². The number of H-pyrrole nitrogens is 2. The van der Waals surface area contributed by atoms with Gasteiger partial charge in [0.05, 0.1) is 40.3 Å². The van der Waals surface area contributed by atoms with Crippen LogP contribution in [0.15, 0.2) is 186 Å². The first-order chi connectivity index (χ1) is 42.5. The fraction of sp³-hybridized carbons (Fsp3) is 0.182. The fourth-order valence-electron chi connectivity index (χ4n) is 10.3. The van der Waals surface area contributed by atoms with Crippen molar-refractivity contribution >= 4 is 102 Å². The lowest BCUT2D eigenvalue weighted by Gasteiger charge is -2.32. The number of hydrogen-bond donors (Lipinski definition) is 7. The molecule has 11 rings (SSSR count). The van der Waals surface area contributed by atoms with Crippen LogP contribution in [0.3, 0.4) is 0 Å². The SMILES string of the molecule is CC(c1c[nH]c(=O)c2ccccc12)N(C(=O)Nc1ccc(F)c(Cl)c1)C1CC1.CCN(C(=O)Nc1ccc(F)c(Cl)c1)C(c1ccccc1)c1c[nH]c(=O)c2ccccc12.COc1ncc(C(CCO)NC(=O)Nc2ccc(F)c(Cl)c2)c2ccccc12. The van der Waals surface area contributed by atoms with Gasteiger partial charge in [0.1, 0.15) is 17.5 Å². The summed E-state index contributed by atoms with van der Waals surface area (Å²) < 4.78 is 45.5. The van der Waals surface area contributed by atoms with Crippen LogP contribution >= 0.6 is 34.8 Å². The fourth-order valence-corrected chi connectivity index (χ4v) is 10.8. The van der Waals surface area contributed by atoms with Gasteiger partial charge in [0, 0.05) is 82.1 Å². The normalized spacial score (nSPS) is 12.8.